The Kier molecular flexibility index (Phi) is 16.0. The van der Waals surface area contributed by atoms with E-state index < -0.39 is 0 Å². The molecule has 1 unspecified atom stereocenters. The van der Waals surface area contributed by atoms with E-state index in [4.69, 9.17) is 4.74 Å². The van der Waals surface area contributed by atoms with Crippen molar-refractivity contribution in [3.05, 3.63) is 48.9 Å². The van der Waals surface area contributed by atoms with Gasteiger partial charge in [-0.25, -0.2) is 0 Å². The number of benzene rings is 1. The summed E-state index contributed by atoms with van der Waals surface area (Å²) in [5.74, 6) is 0.617. The van der Waals surface area contributed by atoms with E-state index in [0.717, 1.165) is 19.4 Å². The summed E-state index contributed by atoms with van der Waals surface area (Å²) in [5, 5.41) is 0. The molecule has 1 aromatic rings. The minimum atomic E-state index is 0.617. The highest BCUT2D eigenvalue weighted by molar-refractivity contribution is 5.19. The first kappa shape index (κ1) is 26.4. The van der Waals surface area contributed by atoms with Crippen molar-refractivity contribution in [3.8, 4) is 0 Å². The summed E-state index contributed by atoms with van der Waals surface area (Å²) in [7, 11) is 0. The molecule has 1 aliphatic heterocycles. The zero-order chi connectivity index (χ0) is 21.8. The van der Waals surface area contributed by atoms with E-state index >= 15 is 0 Å². The fraction of sp³-hybridized carbons (Fsp3) is 0.733. The lowest BCUT2D eigenvalue weighted by molar-refractivity contribution is 0.117. The fourth-order valence-corrected chi connectivity index (χ4v) is 4.99. The molecule has 176 valence electrons. The Hall–Kier alpha value is -0.820. The van der Waals surface area contributed by atoms with Crippen LogP contribution >= 0.6 is 0 Å². The fourth-order valence-electron chi connectivity index (χ4n) is 4.99. The molecule has 1 heteroatoms. The summed E-state index contributed by atoms with van der Waals surface area (Å²) in [6.45, 7) is 5.06. The Morgan fingerprint density at radius 1 is 0.645 bits per heavy atom. The normalized spacial score (nSPS) is 20.9. The van der Waals surface area contributed by atoms with E-state index in [0.29, 0.717) is 5.92 Å². The van der Waals surface area contributed by atoms with E-state index in [-0.39, 0.29) is 0 Å². The van der Waals surface area contributed by atoms with Crippen LogP contribution in [0, 0.1) is 13.0 Å². The maximum absolute atomic E-state index is 6.37. The second-order valence-electron chi connectivity index (χ2n) is 9.73. The average molecular weight is 427 g/mol. The third-order valence-corrected chi connectivity index (χ3v) is 7.00. The number of rotatable bonds is 6. The van der Waals surface area contributed by atoms with Crippen LogP contribution in [0.4, 0.5) is 0 Å². The molecule has 0 N–H and O–H groups in total. The van der Waals surface area contributed by atoms with Crippen LogP contribution in [0.1, 0.15) is 140 Å². The Labute approximate surface area is 194 Å². The van der Waals surface area contributed by atoms with Gasteiger partial charge in [0.1, 0.15) is 0 Å². The van der Waals surface area contributed by atoms with Crippen LogP contribution in [0.25, 0.3) is 0 Å². The number of hydrogen-bond acceptors (Lipinski definition) is 1. The van der Waals surface area contributed by atoms with Gasteiger partial charge in [-0.15, -0.1) is 0 Å². The van der Waals surface area contributed by atoms with E-state index in [2.05, 4.69) is 37.3 Å². The molecule has 0 saturated carbocycles. The van der Waals surface area contributed by atoms with Gasteiger partial charge in [-0.3, -0.25) is 0 Å². The van der Waals surface area contributed by atoms with E-state index in [1.165, 1.54) is 127 Å². The summed E-state index contributed by atoms with van der Waals surface area (Å²) < 4.78 is 6.37. The first-order valence-corrected chi connectivity index (χ1v) is 13.7. The SMILES string of the molecule is [CH2]CCC(CC[C]1CCCCCCCCCCCCCCCCCO1)c1ccccc1. The van der Waals surface area contributed by atoms with Crippen molar-refractivity contribution in [3.63, 3.8) is 0 Å². The van der Waals surface area contributed by atoms with Gasteiger partial charge in [0.05, 0.1) is 6.10 Å². The van der Waals surface area contributed by atoms with Gasteiger partial charge in [0, 0.05) is 6.61 Å². The highest BCUT2D eigenvalue weighted by Gasteiger charge is 2.16. The highest BCUT2D eigenvalue weighted by atomic mass is 16.5. The lowest BCUT2D eigenvalue weighted by Gasteiger charge is -2.21. The lowest BCUT2D eigenvalue weighted by Crippen LogP contribution is -2.08. The van der Waals surface area contributed by atoms with Crippen LogP contribution in [0.15, 0.2) is 30.3 Å². The Morgan fingerprint density at radius 3 is 1.71 bits per heavy atom. The Bertz CT molecular complexity index is 476. The minimum Gasteiger partial charge on any atom is -0.372 e. The summed E-state index contributed by atoms with van der Waals surface area (Å²) in [4.78, 5) is 0. The molecule has 1 aromatic carbocycles. The van der Waals surface area contributed by atoms with Crippen molar-refractivity contribution >= 4 is 0 Å². The van der Waals surface area contributed by atoms with Gasteiger partial charge in [-0.05, 0) is 43.6 Å². The summed E-state index contributed by atoms with van der Waals surface area (Å²) in [6.07, 6.45) is 28.1. The molecule has 0 amide bonds. The third kappa shape index (κ3) is 13.4. The molecule has 0 spiro atoms. The molecule has 2 rings (SSSR count). The molecule has 2 radical (unpaired) electrons. The average Bonchev–Trinajstić information content (AvgIpc) is 2.80. The van der Waals surface area contributed by atoms with Gasteiger partial charge >= 0.3 is 0 Å². The third-order valence-electron chi connectivity index (χ3n) is 7.00. The van der Waals surface area contributed by atoms with Crippen LogP contribution in [0.5, 0.6) is 0 Å². The van der Waals surface area contributed by atoms with Crippen molar-refractivity contribution in [1.29, 1.82) is 0 Å². The van der Waals surface area contributed by atoms with Crippen molar-refractivity contribution in [2.75, 3.05) is 6.61 Å². The second kappa shape index (κ2) is 18.7. The van der Waals surface area contributed by atoms with Gasteiger partial charge in [0.15, 0.2) is 0 Å². The van der Waals surface area contributed by atoms with E-state index in [9.17, 15) is 0 Å². The van der Waals surface area contributed by atoms with Gasteiger partial charge in [-0.2, -0.15) is 0 Å². The zero-order valence-corrected chi connectivity index (χ0v) is 20.4. The molecule has 0 bridgehead atoms. The Morgan fingerprint density at radius 2 is 1.16 bits per heavy atom. The van der Waals surface area contributed by atoms with E-state index in [1.54, 1.807) is 0 Å². The first-order valence-electron chi connectivity index (χ1n) is 13.7. The molecule has 1 fully saturated rings. The maximum atomic E-state index is 6.37. The van der Waals surface area contributed by atoms with E-state index in [1.807, 2.05) is 0 Å². The predicted molar refractivity (Wildman–Crippen MR) is 136 cm³/mol. The standard InChI is InChI=1S/C30H50O/c1-2-21-28(29-22-17-16-18-23-29)25-26-30-24-19-14-12-10-8-6-4-3-5-7-9-11-13-15-20-27-31-30/h16-18,22-23,28H,1-15,19-21,24-27H2. The van der Waals surface area contributed by atoms with Crippen molar-refractivity contribution in [2.45, 2.75) is 134 Å². The molecule has 31 heavy (non-hydrogen) atoms. The lowest BCUT2D eigenvalue weighted by atomic mass is 9.88. The van der Waals surface area contributed by atoms with Gasteiger partial charge < -0.3 is 4.74 Å². The largest absolute Gasteiger partial charge is 0.372 e. The Balaban J connectivity index is 1.78. The summed E-state index contributed by atoms with van der Waals surface area (Å²) in [6, 6.07) is 11.0. The number of hydrogen-bond donors (Lipinski definition) is 0. The highest BCUT2D eigenvalue weighted by Crippen LogP contribution is 2.31. The van der Waals surface area contributed by atoms with Gasteiger partial charge in [0.2, 0.25) is 0 Å². The van der Waals surface area contributed by atoms with Crippen LogP contribution in [0.2, 0.25) is 0 Å². The van der Waals surface area contributed by atoms with Crippen LogP contribution in [0.3, 0.4) is 0 Å². The number of ether oxygens (including phenoxy) is 1. The van der Waals surface area contributed by atoms with Crippen LogP contribution < -0.4 is 0 Å². The monoisotopic (exact) mass is 426 g/mol. The molecule has 1 nitrogen and oxygen atoms in total. The maximum Gasteiger partial charge on any atom is 0.0971 e. The predicted octanol–water partition coefficient (Wildman–Crippen LogP) is 9.97. The van der Waals surface area contributed by atoms with Crippen molar-refractivity contribution in [1.82, 2.24) is 0 Å². The minimum absolute atomic E-state index is 0.617. The summed E-state index contributed by atoms with van der Waals surface area (Å²) in [5.41, 5.74) is 1.47. The molecule has 1 aliphatic rings. The molecular weight excluding hydrogens is 376 g/mol. The van der Waals surface area contributed by atoms with Crippen LogP contribution in [-0.4, -0.2) is 6.61 Å². The molecular formula is C30H50O. The van der Waals surface area contributed by atoms with Crippen molar-refractivity contribution in [2.24, 2.45) is 0 Å². The smallest absolute Gasteiger partial charge is 0.0971 e. The molecule has 0 aromatic heterocycles. The first-order chi connectivity index (χ1) is 15.4. The van der Waals surface area contributed by atoms with Crippen LogP contribution in [-0.2, 0) is 4.74 Å². The molecule has 1 saturated heterocycles. The molecule has 0 aliphatic carbocycles. The van der Waals surface area contributed by atoms with Crippen molar-refractivity contribution < 1.29 is 4.74 Å². The quantitative estimate of drug-likeness (QED) is 0.439. The second-order valence-corrected chi connectivity index (χ2v) is 9.73. The summed E-state index contributed by atoms with van der Waals surface area (Å²) >= 11 is 0. The topological polar surface area (TPSA) is 9.23 Å². The molecule has 1 heterocycles. The van der Waals surface area contributed by atoms with Gasteiger partial charge in [0.25, 0.3) is 0 Å². The van der Waals surface area contributed by atoms with Gasteiger partial charge in [-0.1, -0.05) is 134 Å². The molecule has 1 atom stereocenters. The zero-order valence-electron chi connectivity index (χ0n) is 20.4.